The fourth-order valence-corrected chi connectivity index (χ4v) is 2.51. The fraction of sp³-hybridized carbons (Fsp3) is 0.412. The predicted octanol–water partition coefficient (Wildman–Crippen LogP) is 1.54. The van der Waals surface area contributed by atoms with E-state index in [1.54, 1.807) is 20.2 Å². The van der Waals surface area contributed by atoms with E-state index in [9.17, 15) is 13.6 Å². The third kappa shape index (κ3) is 4.31. The van der Waals surface area contributed by atoms with Crippen LogP contribution in [0, 0.1) is 11.6 Å². The Hall–Kier alpha value is -2.44. The first-order valence-electron chi connectivity index (χ1n) is 7.73. The van der Waals surface area contributed by atoms with Gasteiger partial charge in [0.25, 0.3) is 0 Å². The summed E-state index contributed by atoms with van der Waals surface area (Å²) in [6.45, 7) is 5.01. The van der Waals surface area contributed by atoms with Crippen LogP contribution in [0.25, 0.3) is 0 Å². The van der Waals surface area contributed by atoms with Crippen LogP contribution in [-0.2, 0) is 17.8 Å². The first-order valence-corrected chi connectivity index (χ1v) is 7.73. The van der Waals surface area contributed by atoms with Crippen LogP contribution in [-0.4, -0.2) is 55.4 Å². The molecular formula is C17H22F2N4O. The number of benzene rings is 1. The quantitative estimate of drug-likeness (QED) is 0.515. The Kier molecular flexibility index (Phi) is 5.89. The Morgan fingerprint density at radius 2 is 2.21 bits per heavy atom. The van der Waals surface area contributed by atoms with E-state index in [0.717, 1.165) is 6.07 Å². The van der Waals surface area contributed by atoms with E-state index < -0.39 is 11.6 Å². The number of rotatable bonds is 4. The van der Waals surface area contributed by atoms with Crippen molar-refractivity contribution in [3.63, 3.8) is 0 Å². The number of carbonyl (C=O) groups is 1. The first kappa shape index (κ1) is 17.9. The molecule has 24 heavy (non-hydrogen) atoms. The number of halogens is 2. The standard InChI is InChI=1S/C17H22F2N4O/c1-4-6-20-17(21-10-16(24)22(2)3)23-7-5-14-12(11-23)8-13(18)9-15(14)19/h4,8-9H,1,5-7,10-11H2,2-3H3,(H,20,21). The molecule has 5 nitrogen and oxygen atoms in total. The number of amides is 1. The second kappa shape index (κ2) is 7.90. The molecule has 0 aromatic heterocycles. The van der Waals surface area contributed by atoms with Gasteiger partial charge < -0.3 is 15.1 Å². The van der Waals surface area contributed by atoms with Crippen molar-refractivity contribution in [2.24, 2.45) is 4.99 Å². The maximum absolute atomic E-state index is 13.8. The topological polar surface area (TPSA) is 47.9 Å². The van der Waals surface area contributed by atoms with Crippen molar-refractivity contribution in [2.75, 3.05) is 33.7 Å². The van der Waals surface area contributed by atoms with Gasteiger partial charge in [-0.15, -0.1) is 6.58 Å². The fourth-order valence-electron chi connectivity index (χ4n) is 2.51. The molecule has 0 fully saturated rings. The molecular weight excluding hydrogens is 314 g/mol. The molecule has 1 amide bonds. The zero-order valence-electron chi connectivity index (χ0n) is 14.0. The number of likely N-dealkylation sites (N-methyl/N-ethyl adjacent to an activating group) is 1. The summed E-state index contributed by atoms with van der Waals surface area (Å²) < 4.78 is 27.3. The van der Waals surface area contributed by atoms with Crippen LogP contribution in [0.15, 0.2) is 29.8 Å². The van der Waals surface area contributed by atoms with Crippen molar-refractivity contribution in [2.45, 2.75) is 13.0 Å². The van der Waals surface area contributed by atoms with Gasteiger partial charge in [0.05, 0.1) is 0 Å². The molecule has 1 N–H and O–H groups in total. The van der Waals surface area contributed by atoms with Crippen molar-refractivity contribution >= 4 is 11.9 Å². The van der Waals surface area contributed by atoms with Crippen LogP contribution < -0.4 is 5.32 Å². The molecule has 0 saturated carbocycles. The number of carbonyl (C=O) groups excluding carboxylic acids is 1. The molecule has 0 aliphatic carbocycles. The molecule has 1 heterocycles. The second-order valence-electron chi connectivity index (χ2n) is 5.79. The monoisotopic (exact) mass is 336 g/mol. The van der Waals surface area contributed by atoms with Crippen molar-refractivity contribution in [3.05, 3.63) is 47.5 Å². The van der Waals surface area contributed by atoms with Gasteiger partial charge in [0.2, 0.25) is 5.91 Å². The molecule has 0 unspecified atom stereocenters. The number of hydrogen-bond donors (Lipinski definition) is 1. The van der Waals surface area contributed by atoms with Gasteiger partial charge in [0.1, 0.15) is 18.2 Å². The van der Waals surface area contributed by atoms with Crippen molar-refractivity contribution in [3.8, 4) is 0 Å². The van der Waals surface area contributed by atoms with Crippen LogP contribution >= 0.6 is 0 Å². The molecule has 0 spiro atoms. The summed E-state index contributed by atoms with van der Waals surface area (Å²) in [5.41, 5.74) is 1.14. The lowest BCUT2D eigenvalue weighted by Gasteiger charge is -2.32. The van der Waals surface area contributed by atoms with Gasteiger partial charge in [0.15, 0.2) is 5.96 Å². The Balaban J connectivity index is 2.19. The van der Waals surface area contributed by atoms with Gasteiger partial charge in [-0.2, -0.15) is 0 Å². The summed E-state index contributed by atoms with van der Waals surface area (Å²) in [5, 5.41) is 3.09. The van der Waals surface area contributed by atoms with E-state index in [-0.39, 0.29) is 12.5 Å². The highest BCUT2D eigenvalue weighted by molar-refractivity contribution is 5.85. The summed E-state index contributed by atoms with van der Waals surface area (Å²) in [5.74, 6) is -0.693. The Morgan fingerprint density at radius 3 is 2.88 bits per heavy atom. The minimum atomic E-state index is -0.589. The van der Waals surface area contributed by atoms with E-state index in [4.69, 9.17) is 0 Å². The van der Waals surface area contributed by atoms with Crippen LogP contribution in [0.3, 0.4) is 0 Å². The van der Waals surface area contributed by atoms with E-state index in [0.29, 0.717) is 43.1 Å². The molecule has 130 valence electrons. The van der Waals surface area contributed by atoms with Crippen LogP contribution in [0.1, 0.15) is 11.1 Å². The number of guanidine groups is 1. The van der Waals surface area contributed by atoms with Crippen LogP contribution in [0.5, 0.6) is 0 Å². The van der Waals surface area contributed by atoms with Gasteiger partial charge in [-0.3, -0.25) is 4.79 Å². The minimum absolute atomic E-state index is 0.00729. The molecule has 1 aromatic carbocycles. The molecule has 0 bridgehead atoms. The lowest BCUT2D eigenvalue weighted by atomic mass is 9.99. The molecule has 0 radical (unpaired) electrons. The number of nitrogens with one attached hydrogen (secondary N) is 1. The van der Waals surface area contributed by atoms with Crippen LogP contribution in [0.2, 0.25) is 0 Å². The first-order chi connectivity index (χ1) is 11.4. The number of aliphatic imine (C=N–C) groups is 1. The summed E-state index contributed by atoms with van der Waals surface area (Å²) >= 11 is 0. The highest BCUT2D eigenvalue weighted by Crippen LogP contribution is 2.23. The van der Waals surface area contributed by atoms with E-state index in [2.05, 4.69) is 16.9 Å². The average Bonchev–Trinajstić information content (AvgIpc) is 2.53. The van der Waals surface area contributed by atoms with Gasteiger partial charge >= 0.3 is 0 Å². The highest BCUT2D eigenvalue weighted by Gasteiger charge is 2.22. The SMILES string of the molecule is C=CCNC(=NCC(=O)N(C)C)N1CCc2c(F)cc(F)cc2C1. The molecule has 0 saturated heterocycles. The highest BCUT2D eigenvalue weighted by atomic mass is 19.1. The number of hydrogen-bond acceptors (Lipinski definition) is 2. The van der Waals surface area contributed by atoms with Gasteiger partial charge in [-0.25, -0.2) is 13.8 Å². The normalized spacial score (nSPS) is 14.2. The lowest BCUT2D eigenvalue weighted by Crippen LogP contribution is -2.45. The number of nitrogens with zero attached hydrogens (tertiary/aromatic N) is 3. The summed E-state index contributed by atoms with van der Waals surface area (Å²) in [6.07, 6.45) is 2.14. The van der Waals surface area contributed by atoms with Gasteiger partial charge in [-0.1, -0.05) is 6.08 Å². The molecule has 1 aliphatic heterocycles. The largest absolute Gasteiger partial charge is 0.353 e. The van der Waals surface area contributed by atoms with E-state index in [1.165, 1.54) is 11.0 Å². The lowest BCUT2D eigenvalue weighted by molar-refractivity contribution is -0.127. The third-order valence-corrected chi connectivity index (χ3v) is 3.81. The Bertz CT molecular complexity index is 658. The van der Waals surface area contributed by atoms with Gasteiger partial charge in [0, 0.05) is 39.8 Å². The Labute approximate surface area is 140 Å². The van der Waals surface area contributed by atoms with E-state index >= 15 is 0 Å². The van der Waals surface area contributed by atoms with E-state index in [1.807, 2.05) is 4.90 Å². The molecule has 1 aliphatic rings. The van der Waals surface area contributed by atoms with Crippen LogP contribution in [0.4, 0.5) is 8.78 Å². The predicted molar refractivity (Wildman–Crippen MR) is 89.7 cm³/mol. The molecule has 7 heteroatoms. The van der Waals surface area contributed by atoms with Crippen molar-refractivity contribution in [1.29, 1.82) is 0 Å². The second-order valence-corrected chi connectivity index (χ2v) is 5.79. The average molecular weight is 336 g/mol. The molecule has 2 rings (SSSR count). The Morgan fingerprint density at radius 1 is 1.46 bits per heavy atom. The maximum atomic E-state index is 13.8. The zero-order chi connectivity index (χ0) is 17.7. The number of fused-ring (bicyclic) bond motifs is 1. The van der Waals surface area contributed by atoms with Crippen molar-refractivity contribution < 1.29 is 13.6 Å². The molecule has 0 atom stereocenters. The molecule has 1 aromatic rings. The summed E-state index contributed by atoms with van der Waals surface area (Å²) in [7, 11) is 3.33. The zero-order valence-corrected chi connectivity index (χ0v) is 14.0. The third-order valence-electron chi connectivity index (χ3n) is 3.81. The summed E-state index contributed by atoms with van der Waals surface area (Å²) in [4.78, 5) is 19.4. The van der Waals surface area contributed by atoms with Gasteiger partial charge in [-0.05, 0) is 23.6 Å². The summed E-state index contributed by atoms with van der Waals surface area (Å²) in [6, 6.07) is 2.26. The van der Waals surface area contributed by atoms with Crippen molar-refractivity contribution in [1.82, 2.24) is 15.1 Å². The maximum Gasteiger partial charge on any atom is 0.243 e. The minimum Gasteiger partial charge on any atom is -0.353 e. The smallest absolute Gasteiger partial charge is 0.243 e.